The molecule has 0 aromatic rings. The van der Waals surface area contributed by atoms with Gasteiger partial charge < -0.3 is 9.84 Å². The van der Waals surface area contributed by atoms with Gasteiger partial charge in [-0.25, -0.2) is 0 Å². The van der Waals surface area contributed by atoms with Crippen LogP contribution in [0.3, 0.4) is 0 Å². The maximum atomic E-state index is 10.2. The maximum absolute atomic E-state index is 10.2. The van der Waals surface area contributed by atoms with E-state index in [0.29, 0.717) is 13.2 Å². The molecule has 0 unspecified atom stereocenters. The van der Waals surface area contributed by atoms with Crippen molar-refractivity contribution in [2.45, 2.75) is 77.6 Å². The molecule has 18 heavy (non-hydrogen) atoms. The van der Waals surface area contributed by atoms with E-state index in [0.717, 1.165) is 6.42 Å². The van der Waals surface area contributed by atoms with Gasteiger partial charge in [-0.15, -0.1) is 0 Å². The molecule has 0 amide bonds. The van der Waals surface area contributed by atoms with Gasteiger partial charge in [0.1, 0.15) is 0 Å². The lowest BCUT2D eigenvalue weighted by atomic mass is 10.1. The predicted molar refractivity (Wildman–Crippen MR) is 74.9 cm³/mol. The zero-order chi connectivity index (χ0) is 13.5. The van der Waals surface area contributed by atoms with Gasteiger partial charge in [0.15, 0.2) is 0 Å². The van der Waals surface area contributed by atoms with Gasteiger partial charge in [0.05, 0.1) is 13.0 Å². The lowest BCUT2D eigenvalue weighted by Gasteiger charge is -2.03. The van der Waals surface area contributed by atoms with E-state index in [-0.39, 0.29) is 6.42 Å². The summed E-state index contributed by atoms with van der Waals surface area (Å²) in [6.45, 7) is 3.31. The summed E-state index contributed by atoms with van der Waals surface area (Å²) in [6.07, 6.45) is 13.3. The normalized spacial score (nSPS) is 10.7. The molecule has 0 atom stereocenters. The Labute approximate surface area is 112 Å². The summed E-state index contributed by atoms with van der Waals surface area (Å²) in [7, 11) is 0. The first-order valence-electron chi connectivity index (χ1n) is 7.57. The number of ether oxygens (including phenoxy) is 1. The van der Waals surface area contributed by atoms with Crippen molar-refractivity contribution in [3.8, 4) is 0 Å². The van der Waals surface area contributed by atoms with Crippen molar-refractivity contribution in [1.29, 1.82) is 0 Å². The number of hydrogen-bond donors (Lipinski definition) is 1. The fourth-order valence-corrected chi connectivity index (χ4v) is 1.95. The first-order chi connectivity index (χ1) is 8.77. The number of carboxylic acid groups (broad SMARTS) is 1. The van der Waals surface area contributed by atoms with Gasteiger partial charge in [0.2, 0.25) is 0 Å². The summed E-state index contributed by atoms with van der Waals surface area (Å²) in [6, 6.07) is 0. The van der Waals surface area contributed by atoms with Crippen LogP contribution in [-0.4, -0.2) is 24.3 Å². The highest BCUT2D eigenvalue weighted by atomic mass is 16.5. The van der Waals surface area contributed by atoms with Crippen LogP contribution in [0.4, 0.5) is 0 Å². The van der Waals surface area contributed by atoms with Crippen molar-refractivity contribution in [1.82, 2.24) is 0 Å². The van der Waals surface area contributed by atoms with E-state index in [1.165, 1.54) is 57.8 Å². The highest BCUT2D eigenvalue weighted by molar-refractivity contribution is 5.66. The molecular weight excluding hydrogens is 228 g/mol. The van der Waals surface area contributed by atoms with Crippen LogP contribution >= 0.6 is 0 Å². The van der Waals surface area contributed by atoms with E-state index in [9.17, 15) is 4.79 Å². The highest BCUT2D eigenvalue weighted by Gasteiger charge is 1.96. The molecule has 0 rings (SSSR count). The Morgan fingerprint density at radius 3 is 1.83 bits per heavy atom. The lowest BCUT2D eigenvalue weighted by Crippen LogP contribution is -2.03. The monoisotopic (exact) mass is 258 g/mol. The minimum Gasteiger partial charge on any atom is -0.481 e. The molecule has 0 aliphatic rings. The summed E-state index contributed by atoms with van der Waals surface area (Å²) in [5.74, 6) is -0.780. The second kappa shape index (κ2) is 14.5. The summed E-state index contributed by atoms with van der Waals surface area (Å²) >= 11 is 0. The van der Waals surface area contributed by atoms with Crippen molar-refractivity contribution in [2.24, 2.45) is 0 Å². The Morgan fingerprint density at radius 2 is 1.33 bits per heavy atom. The number of carbonyl (C=O) groups is 1. The van der Waals surface area contributed by atoms with E-state index in [2.05, 4.69) is 6.92 Å². The van der Waals surface area contributed by atoms with Gasteiger partial charge in [0, 0.05) is 6.61 Å². The van der Waals surface area contributed by atoms with Gasteiger partial charge in [0.25, 0.3) is 0 Å². The van der Waals surface area contributed by atoms with Crippen molar-refractivity contribution in [3.63, 3.8) is 0 Å². The minimum atomic E-state index is -0.780. The number of carboxylic acids is 1. The van der Waals surface area contributed by atoms with E-state index in [4.69, 9.17) is 9.84 Å². The largest absolute Gasteiger partial charge is 0.481 e. The minimum absolute atomic E-state index is 0.123. The SMILES string of the molecule is CCCCCCCCCCCCOCCC(=O)O. The maximum Gasteiger partial charge on any atom is 0.305 e. The number of hydrogen-bond acceptors (Lipinski definition) is 2. The average Bonchev–Trinajstić information content (AvgIpc) is 2.34. The van der Waals surface area contributed by atoms with Crippen molar-refractivity contribution >= 4 is 5.97 Å². The average molecular weight is 258 g/mol. The summed E-state index contributed by atoms with van der Waals surface area (Å²) in [4.78, 5) is 10.2. The fourth-order valence-electron chi connectivity index (χ4n) is 1.95. The zero-order valence-corrected chi connectivity index (χ0v) is 12.0. The van der Waals surface area contributed by atoms with E-state index < -0.39 is 5.97 Å². The molecule has 0 fully saturated rings. The quantitative estimate of drug-likeness (QED) is 0.470. The Hall–Kier alpha value is -0.570. The fraction of sp³-hybridized carbons (Fsp3) is 0.933. The van der Waals surface area contributed by atoms with E-state index in [1.54, 1.807) is 0 Å². The molecule has 0 aromatic heterocycles. The third-order valence-electron chi connectivity index (χ3n) is 3.10. The van der Waals surface area contributed by atoms with Crippen LogP contribution in [0.25, 0.3) is 0 Å². The van der Waals surface area contributed by atoms with Crippen LogP contribution in [-0.2, 0) is 9.53 Å². The highest BCUT2D eigenvalue weighted by Crippen LogP contribution is 2.10. The van der Waals surface area contributed by atoms with Crippen LogP contribution in [0.2, 0.25) is 0 Å². The Bertz CT molecular complexity index is 181. The summed E-state index contributed by atoms with van der Waals surface area (Å²) < 4.78 is 5.24. The molecule has 0 heterocycles. The van der Waals surface area contributed by atoms with Crippen LogP contribution in [0, 0.1) is 0 Å². The number of unbranched alkanes of at least 4 members (excludes halogenated alkanes) is 9. The standard InChI is InChI=1S/C15H30O3/c1-2-3-4-5-6-7-8-9-10-11-13-18-14-12-15(16)17/h2-14H2,1H3,(H,16,17). The molecule has 0 saturated heterocycles. The lowest BCUT2D eigenvalue weighted by molar-refractivity contribution is -0.138. The Kier molecular flexibility index (Phi) is 14.0. The van der Waals surface area contributed by atoms with Gasteiger partial charge >= 0.3 is 5.97 Å². The van der Waals surface area contributed by atoms with Crippen molar-refractivity contribution in [2.75, 3.05) is 13.2 Å². The predicted octanol–water partition coefficient (Wildman–Crippen LogP) is 4.40. The number of aliphatic carboxylic acids is 1. The van der Waals surface area contributed by atoms with Gasteiger partial charge in [-0.1, -0.05) is 64.7 Å². The summed E-state index contributed by atoms with van der Waals surface area (Å²) in [5.41, 5.74) is 0. The second-order valence-corrected chi connectivity index (χ2v) is 4.94. The molecule has 0 radical (unpaired) electrons. The van der Waals surface area contributed by atoms with Crippen LogP contribution in [0.1, 0.15) is 77.6 Å². The zero-order valence-electron chi connectivity index (χ0n) is 12.0. The molecule has 1 N–H and O–H groups in total. The van der Waals surface area contributed by atoms with Crippen LogP contribution in [0.15, 0.2) is 0 Å². The van der Waals surface area contributed by atoms with Crippen molar-refractivity contribution in [3.05, 3.63) is 0 Å². The summed E-state index contributed by atoms with van der Waals surface area (Å²) in [5, 5.41) is 8.41. The van der Waals surface area contributed by atoms with Gasteiger partial charge in [-0.2, -0.15) is 0 Å². The molecule has 0 aromatic carbocycles. The van der Waals surface area contributed by atoms with E-state index in [1.807, 2.05) is 0 Å². The molecule has 3 heteroatoms. The molecular formula is C15H30O3. The Morgan fingerprint density at radius 1 is 0.833 bits per heavy atom. The molecule has 0 saturated carbocycles. The molecule has 0 spiro atoms. The van der Waals surface area contributed by atoms with Crippen LogP contribution < -0.4 is 0 Å². The van der Waals surface area contributed by atoms with Crippen LogP contribution in [0.5, 0.6) is 0 Å². The third kappa shape index (κ3) is 15.4. The number of rotatable bonds is 14. The van der Waals surface area contributed by atoms with Crippen molar-refractivity contribution < 1.29 is 14.6 Å². The second-order valence-electron chi connectivity index (χ2n) is 4.94. The first-order valence-corrected chi connectivity index (χ1v) is 7.57. The molecule has 108 valence electrons. The van der Waals surface area contributed by atoms with Gasteiger partial charge in [-0.3, -0.25) is 4.79 Å². The third-order valence-corrected chi connectivity index (χ3v) is 3.10. The van der Waals surface area contributed by atoms with Gasteiger partial charge in [-0.05, 0) is 6.42 Å². The molecule has 3 nitrogen and oxygen atoms in total. The van der Waals surface area contributed by atoms with E-state index >= 15 is 0 Å². The smallest absolute Gasteiger partial charge is 0.305 e. The molecule has 0 aliphatic heterocycles. The Balaban J connectivity index is 2.92. The first kappa shape index (κ1) is 17.4. The molecule has 0 aliphatic carbocycles. The topological polar surface area (TPSA) is 46.5 Å². The molecule has 0 bridgehead atoms.